The van der Waals surface area contributed by atoms with Gasteiger partial charge in [0.2, 0.25) is 0 Å². The van der Waals surface area contributed by atoms with Gasteiger partial charge >= 0.3 is 0 Å². The summed E-state index contributed by atoms with van der Waals surface area (Å²) in [6.45, 7) is 2.11. The largest absolute Gasteiger partial charge is 0.399 e. The minimum Gasteiger partial charge on any atom is -0.399 e. The molecule has 0 aliphatic carbocycles. The van der Waals surface area contributed by atoms with Crippen LogP contribution >= 0.6 is 0 Å². The summed E-state index contributed by atoms with van der Waals surface area (Å²) in [6, 6.07) is 6.73. The topological polar surface area (TPSA) is 67.5 Å². The number of amides is 1. The van der Waals surface area contributed by atoms with E-state index < -0.39 is 0 Å². The van der Waals surface area contributed by atoms with Crippen LogP contribution in [0.4, 0.5) is 5.69 Å². The van der Waals surface area contributed by atoms with Crippen molar-refractivity contribution < 1.29 is 4.79 Å². The van der Waals surface area contributed by atoms with Gasteiger partial charge in [0.25, 0.3) is 5.91 Å². The standard InChI is InChI=1S/C12H17N3O/c1-2-3-4-9-14-15-12(16)10-5-7-11(13)8-6-10/h5-9H,2-4,13H2,1H3,(H,15,16). The van der Waals surface area contributed by atoms with Gasteiger partial charge < -0.3 is 5.73 Å². The molecule has 0 unspecified atom stereocenters. The Hall–Kier alpha value is -1.84. The molecular weight excluding hydrogens is 202 g/mol. The minimum absolute atomic E-state index is 0.215. The summed E-state index contributed by atoms with van der Waals surface area (Å²) in [5.74, 6) is -0.215. The van der Waals surface area contributed by atoms with Crippen molar-refractivity contribution in [3.8, 4) is 0 Å². The van der Waals surface area contributed by atoms with Crippen LogP contribution in [0.1, 0.15) is 36.5 Å². The van der Waals surface area contributed by atoms with Crippen LogP contribution in [0.3, 0.4) is 0 Å². The zero-order chi connectivity index (χ0) is 11.8. The van der Waals surface area contributed by atoms with E-state index in [1.54, 1.807) is 30.5 Å². The molecule has 0 aliphatic rings. The van der Waals surface area contributed by atoms with Crippen molar-refractivity contribution in [1.29, 1.82) is 0 Å². The molecule has 0 fully saturated rings. The molecule has 1 aromatic carbocycles. The molecule has 1 amide bonds. The first kappa shape index (κ1) is 12.2. The highest BCUT2D eigenvalue weighted by Gasteiger charge is 2.02. The smallest absolute Gasteiger partial charge is 0.271 e. The van der Waals surface area contributed by atoms with Crippen molar-refractivity contribution >= 4 is 17.8 Å². The fourth-order valence-corrected chi connectivity index (χ4v) is 1.16. The Morgan fingerprint density at radius 2 is 2.12 bits per heavy atom. The summed E-state index contributed by atoms with van der Waals surface area (Å²) in [7, 11) is 0. The number of benzene rings is 1. The van der Waals surface area contributed by atoms with Gasteiger partial charge in [-0.1, -0.05) is 13.3 Å². The third-order valence-corrected chi connectivity index (χ3v) is 2.12. The molecule has 86 valence electrons. The van der Waals surface area contributed by atoms with Gasteiger partial charge in [0.15, 0.2) is 0 Å². The number of nitrogens with one attached hydrogen (secondary N) is 1. The van der Waals surface area contributed by atoms with E-state index >= 15 is 0 Å². The highest BCUT2D eigenvalue weighted by molar-refractivity contribution is 5.94. The number of carbonyl (C=O) groups is 1. The van der Waals surface area contributed by atoms with Crippen LogP contribution in [0.5, 0.6) is 0 Å². The van der Waals surface area contributed by atoms with Gasteiger partial charge in [-0.15, -0.1) is 0 Å². The lowest BCUT2D eigenvalue weighted by molar-refractivity contribution is 0.0955. The fraction of sp³-hybridized carbons (Fsp3) is 0.333. The van der Waals surface area contributed by atoms with Gasteiger partial charge in [-0.3, -0.25) is 4.79 Å². The van der Waals surface area contributed by atoms with Gasteiger partial charge in [0.05, 0.1) is 0 Å². The number of hydrogen-bond donors (Lipinski definition) is 2. The van der Waals surface area contributed by atoms with Crippen LogP contribution < -0.4 is 11.2 Å². The number of nitrogens with zero attached hydrogens (tertiary/aromatic N) is 1. The molecule has 4 nitrogen and oxygen atoms in total. The first-order chi connectivity index (χ1) is 7.74. The molecule has 0 aromatic heterocycles. The molecule has 1 rings (SSSR count). The summed E-state index contributed by atoms with van der Waals surface area (Å²) in [4.78, 5) is 11.5. The number of anilines is 1. The van der Waals surface area contributed by atoms with Crippen LogP contribution in [-0.4, -0.2) is 12.1 Å². The van der Waals surface area contributed by atoms with Crippen molar-refractivity contribution in [3.05, 3.63) is 29.8 Å². The van der Waals surface area contributed by atoms with E-state index in [9.17, 15) is 4.79 Å². The Balaban J connectivity index is 2.40. The molecule has 16 heavy (non-hydrogen) atoms. The Morgan fingerprint density at radius 1 is 1.44 bits per heavy atom. The molecule has 0 spiro atoms. The predicted molar refractivity (Wildman–Crippen MR) is 66.3 cm³/mol. The third-order valence-electron chi connectivity index (χ3n) is 2.12. The van der Waals surface area contributed by atoms with Crippen LogP contribution in [0, 0.1) is 0 Å². The Morgan fingerprint density at radius 3 is 2.75 bits per heavy atom. The van der Waals surface area contributed by atoms with Crippen molar-refractivity contribution in [2.75, 3.05) is 5.73 Å². The number of hydrogen-bond acceptors (Lipinski definition) is 3. The average Bonchev–Trinajstić information content (AvgIpc) is 2.29. The maximum Gasteiger partial charge on any atom is 0.271 e. The monoisotopic (exact) mass is 219 g/mol. The van der Waals surface area contributed by atoms with E-state index in [-0.39, 0.29) is 5.91 Å². The second-order valence-corrected chi connectivity index (χ2v) is 3.52. The molecule has 0 radical (unpaired) electrons. The second-order valence-electron chi connectivity index (χ2n) is 3.52. The molecule has 3 N–H and O–H groups in total. The van der Waals surface area contributed by atoms with Gasteiger partial charge in [-0.25, -0.2) is 5.43 Å². The number of unbranched alkanes of at least 4 members (excludes halogenated alkanes) is 2. The van der Waals surface area contributed by atoms with Crippen LogP contribution in [0.2, 0.25) is 0 Å². The number of nitrogen functional groups attached to an aromatic ring is 1. The molecule has 0 bridgehead atoms. The first-order valence-corrected chi connectivity index (χ1v) is 5.41. The SMILES string of the molecule is CCCCC=NNC(=O)c1ccc(N)cc1. The van der Waals surface area contributed by atoms with Crippen molar-refractivity contribution in [2.24, 2.45) is 5.10 Å². The van der Waals surface area contributed by atoms with E-state index in [2.05, 4.69) is 17.5 Å². The zero-order valence-corrected chi connectivity index (χ0v) is 9.44. The predicted octanol–water partition coefficient (Wildman–Crippen LogP) is 2.17. The van der Waals surface area contributed by atoms with E-state index in [0.29, 0.717) is 11.3 Å². The first-order valence-electron chi connectivity index (χ1n) is 5.41. The molecular formula is C12H17N3O. The Bertz CT molecular complexity index is 357. The van der Waals surface area contributed by atoms with Crippen molar-refractivity contribution in [3.63, 3.8) is 0 Å². The highest BCUT2D eigenvalue weighted by atomic mass is 16.2. The van der Waals surface area contributed by atoms with Gasteiger partial charge in [-0.05, 0) is 37.1 Å². The molecule has 4 heteroatoms. The molecule has 1 aromatic rings. The lowest BCUT2D eigenvalue weighted by atomic mass is 10.2. The molecule has 0 atom stereocenters. The summed E-state index contributed by atoms with van der Waals surface area (Å²) in [5, 5.41) is 3.85. The quantitative estimate of drug-likeness (QED) is 0.345. The van der Waals surface area contributed by atoms with Gasteiger partial charge in [-0.2, -0.15) is 5.10 Å². The summed E-state index contributed by atoms with van der Waals surface area (Å²) >= 11 is 0. The average molecular weight is 219 g/mol. The Labute approximate surface area is 95.5 Å². The minimum atomic E-state index is -0.215. The van der Waals surface area contributed by atoms with E-state index in [1.165, 1.54) is 0 Å². The maximum atomic E-state index is 11.5. The molecule has 0 aliphatic heterocycles. The molecule has 0 saturated carbocycles. The van der Waals surface area contributed by atoms with Crippen LogP contribution in [0.25, 0.3) is 0 Å². The maximum absolute atomic E-state index is 11.5. The molecule has 0 heterocycles. The van der Waals surface area contributed by atoms with Gasteiger partial charge in [0, 0.05) is 17.5 Å². The lowest BCUT2D eigenvalue weighted by Gasteiger charge is -1.99. The van der Waals surface area contributed by atoms with E-state index in [1.807, 2.05) is 0 Å². The summed E-state index contributed by atoms with van der Waals surface area (Å²) in [5.41, 5.74) is 9.19. The van der Waals surface area contributed by atoms with E-state index in [0.717, 1.165) is 19.3 Å². The highest BCUT2D eigenvalue weighted by Crippen LogP contribution is 2.04. The normalized spacial score (nSPS) is 10.6. The summed E-state index contributed by atoms with van der Waals surface area (Å²) in [6.07, 6.45) is 4.82. The van der Waals surface area contributed by atoms with Crippen LogP contribution in [-0.2, 0) is 0 Å². The fourth-order valence-electron chi connectivity index (χ4n) is 1.16. The second kappa shape index (κ2) is 6.61. The number of hydrazone groups is 1. The number of nitrogens with two attached hydrogens (primary N) is 1. The molecule has 0 saturated heterocycles. The summed E-state index contributed by atoms with van der Waals surface area (Å²) < 4.78 is 0. The zero-order valence-electron chi connectivity index (χ0n) is 9.44. The Kier molecular flexibility index (Phi) is 5.05. The van der Waals surface area contributed by atoms with Crippen molar-refractivity contribution in [1.82, 2.24) is 5.43 Å². The number of carbonyl (C=O) groups excluding carboxylic acids is 1. The number of rotatable bonds is 5. The third kappa shape index (κ3) is 4.13. The van der Waals surface area contributed by atoms with Crippen LogP contribution in [0.15, 0.2) is 29.4 Å². The van der Waals surface area contributed by atoms with Gasteiger partial charge in [0.1, 0.15) is 0 Å². The van der Waals surface area contributed by atoms with Crippen molar-refractivity contribution in [2.45, 2.75) is 26.2 Å². The van der Waals surface area contributed by atoms with E-state index in [4.69, 9.17) is 5.73 Å². The lowest BCUT2D eigenvalue weighted by Crippen LogP contribution is -2.17.